The van der Waals surface area contributed by atoms with E-state index in [4.69, 9.17) is 0 Å². The lowest BCUT2D eigenvalue weighted by Gasteiger charge is -2.09. The number of benzene rings is 3. The highest BCUT2D eigenvalue weighted by molar-refractivity contribution is 5.99. The van der Waals surface area contributed by atoms with E-state index in [2.05, 4.69) is 53.2 Å². The molecule has 150 valence electrons. The van der Waals surface area contributed by atoms with Crippen LogP contribution in [0.2, 0.25) is 0 Å². The number of aromatic nitrogens is 1. The summed E-state index contributed by atoms with van der Waals surface area (Å²) in [5.41, 5.74) is 10.2. The summed E-state index contributed by atoms with van der Waals surface area (Å²) in [6, 6.07) is 24.2. The number of aryl methyl sites for hydroxylation is 2. The summed E-state index contributed by atoms with van der Waals surface area (Å²) in [5, 5.41) is 5.19. The molecule has 4 heteroatoms. The predicted octanol–water partition coefficient (Wildman–Crippen LogP) is 5.38. The second-order valence-electron chi connectivity index (χ2n) is 7.62. The molecule has 1 heterocycles. The Balaban J connectivity index is 1.56. The minimum absolute atomic E-state index is 0.215. The van der Waals surface area contributed by atoms with Gasteiger partial charge in [0.1, 0.15) is 0 Å². The van der Waals surface area contributed by atoms with Crippen molar-refractivity contribution in [2.45, 2.75) is 27.3 Å². The molecule has 0 unspecified atom stereocenters. The van der Waals surface area contributed by atoms with E-state index >= 15 is 0 Å². The molecule has 4 nitrogen and oxygen atoms in total. The zero-order valence-electron chi connectivity index (χ0n) is 17.5. The summed E-state index contributed by atoms with van der Waals surface area (Å²) < 4.78 is 2.30. The summed E-state index contributed by atoms with van der Waals surface area (Å²) in [7, 11) is 0. The molecule has 0 bridgehead atoms. The highest BCUT2D eigenvalue weighted by atomic mass is 16.2. The zero-order valence-corrected chi connectivity index (χ0v) is 17.5. The number of hydrazone groups is 1. The number of nitrogens with zero attached hydrogens (tertiary/aromatic N) is 2. The van der Waals surface area contributed by atoms with Gasteiger partial charge < -0.3 is 4.57 Å². The van der Waals surface area contributed by atoms with E-state index in [-0.39, 0.29) is 5.91 Å². The van der Waals surface area contributed by atoms with E-state index in [0.29, 0.717) is 5.56 Å². The number of carbonyl (C=O) groups is 1. The monoisotopic (exact) mass is 395 g/mol. The van der Waals surface area contributed by atoms with Crippen molar-refractivity contribution < 1.29 is 4.79 Å². The number of amides is 1. The summed E-state index contributed by atoms with van der Waals surface area (Å²) in [4.78, 5) is 12.6. The Hall–Kier alpha value is -3.66. The maximum Gasteiger partial charge on any atom is 0.271 e. The molecule has 0 aliphatic carbocycles. The molecular formula is C26H25N3O. The SMILES string of the molecule is Cc1ccc(C=NNC(=O)c2ccc3c(c2)c(C)c(C)n3Cc2ccccc2)cc1. The van der Waals surface area contributed by atoms with Gasteiger partial charge in [0.25, 0.3) is 5.91 Å². The summed E-state index contributed by atoms with van der Waals surface area (Å²) >= 11 is 0. The van der Waals surface area contributed by atoms with Crippen LogP contribution in [-0.4, -0.2) is 16.7 Å². The number of carbonyl (C=O) groups excluding carboxylic acids is 1. The largest absolute Gasteiger partial charge is 0.340 e. The maximum atomic E-state index is 12.6. The lowest BCUT2D eigenvalue weighted by molar-refractivity contribution is 0.0955. The minimum Gasteiger partial charge on any atom is -0.340 e. The van der Waals surface area contributed by atoms with Crippen LogP contribution in [0.1, 0.15) is 38.3 Å². The minimum atomic E-state index is -0.215. The number of hydrogen-bond acceptors (Lipinski definition) is 2. The van der Waals surface area contributed by atoms with Crippen molar-refractivity contribution in [3.8, 4) is 0 Å². The van der Waals surface area contributed by atoms with Crippen molar-refractivity contribution in [3.05, 3.63) is 106 Å². The molecule has 1 amide bonds. The van der Waals surface area contributed by atoms with Crippen molar-refractivity contribution in [1.29, 1.82) is 0 Å². The average molecular weight is 396 g/mol. The average Bonchev–Trinajstić information content (AvgIpc) is 3.00. The van der Waals surface area contributed by atoms with E-state index in [1.807, 2.05) is 55.5 Å². The van der Waals surface area contributed by atoms with Crippen molar-refractivity contribution in [2.75, 3.05) is 0 Å². The molecule has 0 fully saturated rings. The molecule has 3 aromatic carbocycles. The Morgan fingerprint density at radius 2 is 1.70 bits per heavy atom. The van der Waals surface area contributed by atoms with E-state index in [0.717, 1.165) is 23.0 Å². The number of nitrogens with one attached hydrogen (secondary N) is 1. The fraction of sp³-hybridized carbons (Fsp3) is 0.154. The summed E-state index contributed by atoms with van der Waals surface area (Å²) in [6.45, 7) is 7.08. The first kappa shape index (κ1) is 19.6. The van der Waals surface area contributed by atoms with Gasteiger partial charge in [-0.1, -0.05) is 60.2 Å². The first-order chi connectivity index (χ1) is 14.5. The Morgan fingerprint density at radius 1 is 0.967 bits per heavy atom. The van der Waals surface area contributed by atoms with Gasteiger partial charge in [-0.2, -0.15) is 5.10 Å². The highest BCUT2D eigenvalue weighted by Gasteiger charge is 2.14. The molecule has 4 aromatic rings. The van der Waals surface area contributed by atoms with Crippen LogP contribution >= 0.6 is 0 Å². The summed E-state index contributed by atoms with van der Waals surface area (Å²) in [5.74, 6) is -0.215. The summed E-state index contributed by atoms with van der Waals surface area (Å²) in [6.07, 6.45) is 1.65. The van der Waals surface area contributed by atoms with Crippen LogP contribution in [0.4, 0.5) is 0 Å². The van der Waals surface area contributed by atoms with Crippen LogP contribution in [-0.2, 0) is 6.54 Å². The molecule has 0 aliphatic rings. The Morgan fingerprint density at radius 3 is 2.43 bits per heavy atom. The molecule has 30 heavy (non-hydrogen) atoms. The molecule has 1 N–H and O–H groups in total. The highest BCUT2D eigenvalue weighted by Crippen LogP contribution is 2.27. The third-order valence-electron chi connectivity index (χ3n) is 5.54. The molecule has 0 atom stereocenters. The van der Waals surface area contributed by atoms with Crippen LogP contribution in [0.15, 0.2) is 77.9 Å². The molecule has 0 saturated carbocycles. The Bertz CT molecular complexity index is 1220. The van der Waals surface area contributed by atoms with Crippen molar-refractivity contribution in [1.82, 2.24) is 9.99 Å². The quantitative estimate of drug-likeness (QED) is 0.358. The van der Waals surface area contributed by atoms with Gasteiger partial charge in [-0.05, 0) is 55.7 Å². The van der Waals surface area contributed by atoms with Crippen LogP contribution < -0.4 is 5.43 Å². The topological polar surface area (TPSA) is 46.4 Å². The smallest absolute Gasteiger partial charge is 0.271 e. The zero-order chi connectivity index (χ0) is 21.1. The Kier molecular flexibility index (Phi) is 5.48. The van der Waals surface area contributed by atoms with E-state index in [1.165, 1.54) is 22.4 Å². The third-order valence-corrected chi connectivity index (χ3v) is 5.54. The molecular weight excluding hydrogens is 370 g/mol. The maximum absolute atomic E-state index is 12.6. The lowest BCUT2D eigenvalue weighted by atomic mass is 10.1. The molecule has 0 saturated heterocycles. The first-order valence-electron chi connectivity index (χ1n) is 10.1. The van der Waals surface area contributed by atoms with E-state index in [9.17, 15) is 4.79 Å². The second-order valence-corrected chi connectivity index (χ2v) is 7.62. The van der Waals surface area contributed by atoms with Gasteiger partial charge in [0.15, 0.2) is 0 Å². The predicted molar refractivity (Wildman–Crippen MR) is 123 cm³/mol. The van der Waals surface area contributed by atoms with E-state index < -0.39 is 0 Å². The fourth-order valence-corrected chi connectivity index (χ4v) is 3.64. The normalized spacial score (nSPS) is 11.3. The van der Waals surface area contributed by atoms with Gasteiger partial charge in [-0.3, -0.25) is 4.79 Å². The van der Waals surface area contributed by atoms with Gasteiger partial charge in [0.05, 0.1) is 6.21 Å². The molecule has 0 spiro atoms. The third kappa shape index (κ3) is 4.03. The van der Waals surface area contributed by atoms with Crippen LogP contribution in [0.3, 0.4) is 0 Å². The molecule has 0 aliphatic heterocycles. The van der Waals surface area contributed by atoms with Gasteiger partial charge in [-0.25, -0.2) is 5.43 Å². The molecule has 0 radical (unpaired) electrons. The van der Waals surface area contributed by atoms with Gasteiger partial charge in [0.2, 0.25) is 0 Å². The Labute approximate surface area is 176 Å². The van der Waals surface area contributed by atoms with Crippen molar-refractivity contribution >= 4 is 23.0 Å². The number of rotatable bonds is 5. The van der Waals surface area contributed by atoms with Crippen LogP contribution in [0.5, 0.6) is 0 Å². The van der Waals surface area contributed by atoms with Gasteiger partial charge >= 0.3 is 0 Å². The first-order valence-corrected chi connectivity index (χ1v) is 10.1. The standard InChI is InChI=1S/C26H25N3O/c1-18-9-11-21(12-10-18)16-27-28-26(30)23-13-14-25-24(15-23)19(2)20(3)29(25)17-22-7-5-4-6-8-22/h4-16H,17H2,1-3H3,(H,28,30). The van der Waals surface area contributed by atoms with Gasteiger partial charge in [-0.15, -0.1) is 0 Å². The van der Waals surface area contributed by atoms with Crippen LogP contribution in [0.25, 0.3) is 10.9 Å². The number of fused-ring (bicyclic) bond motifs is 1. The van der Waals surface area contributed by atoms with Crippen LogP contribution in [0, 0.1) is 20.8 Å². The van der Waals surface area contributed by atoms with Crippen molar-refractivity contribution in [3.63, 3.8) is 0 Å². The second kappa shape index (κ2) is 8.37. The number of hydrogen-bond donors (Lipinski definition) is 1. The van der Waals surface area contributed by atoms with E-state index in [1.54, 1.807) is 6.21 Å². The fourth-order valence-electron chi connectivity index (χ4n) is 3.64. The van der Waals surface area contributed by atoms with Gasteiger partial charge in [0, 0.05) is 28.7 Å². The molecule has 4 rings (SSSR count). The lowest BCUT2D eigenvalue weighted by Crippen LogP contribution is -2.17. The van der Waals surface area contributed by atoms with Crippen molar-refractivity contribution in [2.24, 2.45) is 5.10 Å². The molecule has 1 aromatic heterocycles.